The molecule has 0 bridgehead atoms. The summed E-state index contributed by atoms with van der Waals surface area (Å²) in [5.41, 5.74) is -4.25. The number of piperidine rings is 1. The number of carbonyl (C=O) groups excluding carboxylic acids is 3. The standard InChI is InChI=1S/C33H35F2N4O6PS/c34-33(35,46(43,44)45)23-13-14-28-21(15-23)16-29(47-28)30(40)37-26-11-5-4-9-24-10-6-12-27(39(24)31(26)41)32(42)38-18-22(17-36)25(19-38)20-7-2-1-3-8-20/h1-3,7-8,13-16,22,24-27H,4-6,9-12,18-19H2,(H,37,40)(H2,43,44,45)/t22-,24+,25+,26+,27+/m1/s1. The van der Waals surface area contributed by atoms with E-state index in [-0.39, 0.29) is 46.5 Å². The van der Waals surface area contributed by atoms with Crippen LogP contribution in [0.1, 0.15) is 71.7 Å². The van der Waals surface area contributed by atoms with Gasteiger partial charge in [0.15, 0.2) is 0 Å². The first-order chi connectivity index (χ1) is 22.4. The molecule has 3 fully saturated rings. The highest BCUT2D eigenvalue weighted by Gasteiger charge is 2.50. The lowest BCUT2D eigenvalue weighted by Gasteiger charge is -2.45. The van der Waals surface area contributed by atoms with E-state index in [4.69, 9.17) is 9.79 Å². The van der Waals surface area contributed by atoms with Gasteiger partial charge in [0.25, 0.3) is 5.91 Å². The molecule has 0 spiro atoms. The summed E-state index contributed by atoms with van der Waals surface area (Å²) in [4.78, 5) is 63.5. The zero-order chi connectivity index (χ0) is 33.5. The van der Waals surface area contributed by atoms with Gasteiger partial charge in [0.05, 0.1) is 16.9 Å². The smallest absolute Gasteiger partial charge is 0.340 e. The Morgan fingerprint density at radius 3 is 2.45 bits per heavy atom. The molecular formula is C33H35F2N4O6PS. The number of hydrogen-bond donors (Lipinski definition) is 3. The van der Waals surface area contributed by atoms with Crippen LogP contribution in [0, 0.1) is 17.2 Å². The van der Waals surface area contributed by atoms with Gasteiger partial charge in [-0.3, -0.25) is 18.9 Å². The molecule has 0 saturated carbocycles. The summed E-state index contributed by atoms with van der Waals surface area (Å²) in [6, 6.07) is 14.8. The summed E-state index contributed by atoms with van der Waals surface area (Å²) in [7, 11) is -5.77. The van der Waals surface area contributed by atoms with Crippen LogP contribution in [0.2, 0.25) is 0 Å². The van der Waals surface area contributed by atoms with Crippen molar-refractivity contribution in [2.24, 2.45) is 5.92 Å². The van der Waals surface area contributed by atoms with Crippen LogP contribution in [-0.2, 0) is 19.8 Å². The number of thiophene rings is 1. The third-order valence-electron chi connectivity index (χ3n) is 9.65. The van der Waals surface area contributed by atoms with Crippen molar-refractivity contribution in [1.82, 2.24) is 15.1 Å². The van der Waals surface area contributed by atoms with E-state index in [9.17, 15) is 33.0 Å². The number of benzene rings is 2. The van der Waals surface area contributed by atoms with Crippen molar-refractivity contribution in [2.75, 3.05) is 13.1 Å². The molecule has 4 heterocycles. The number of hydrogen-bond acceptors (Lipinski definition) is 6. The Kier molecular flexibility index (Phi) is 9.24. The van der Waals surface area contributed by atoms with Crippen molar-refractivity contribution in [1.29, 1.82) is 5.26 Å². The molecule has 248 valence electrons. The largest absolute Gasteiger partial charge is 0.399 e. The first kappa shape index (κ1) is 33.2. The van der Waals surface area contributed by atoms with Crippen LogP contribution in [0.25, 0.3) is 10.1 Å². The minimum Gasteiger partial charge on any atom is -0.340 e. The third kappa shape index (κ3) is 6.44. The molecule has 6 rings (SSSR count). The predicted molar refractivity (Wildman–Crippen MR) is 171 cm³/mol. The molecule has 0 aliphatic carbocycles. The zero-order valence-corrected chi connectivity index (χ0v) is 27.1. The second-order valence-corrected chi connectivity index (χ2v) is 15.3. The Morgan fingerprint density at radius 1 is 1.00 bits per heavy atom. The van der Waals surface area contributed by atoms with E-state index < -0.39 is 36.8 Å². The summed E-state index contributed by atoms with van der Waals surface area (Å²) >= 11 is 1.01. The number of rotatable bonds is 6. The monoisotopic (exact) mass is 684 g/mol. The maximum atomic E-state index is 14.3. The van der Waals surface area contributed by atoms with Gasteiger partial charge in [0, 0.05) is 35.3 Å². The molecular weight excluding hydrogens is 649 g/mol. The van der Waals surface area contributed by atoms with Gasteiger partial charge in [-0.1, -0.05) is 49.2 Å². The molecule has 14 heteroatoms. The summed E-state index contributed by atoms with van der Waals surface area (Å²) in [5.74, 6) is -1.58. The van der Waals surface area contributed by atoms with E-state index >= 15 is 0 Å². The average Bonchev–Trinajstić information content (AvgIpc) is 3.69. The van der Waals surface area contributed by atoms with E-state index in [0.717, 1.165) is 54.7 Å². The van der Waals surface area contributed by atoms with Crippen LogP contribution in [0.3, 0.4) is 0 Å². The van der Waals surface area contributed by atoms with Crippen molar-refractivity contribution >= 4 is 46.7 Å². The Bertz CT molecular complexity index is 1780. The molecule has 3 amide bonds. The van der Waals surface area contributed by atoms with Crippen LogP contribution < -0.4 is 5.32 Å². The fourth-order valence-electron chi connectivity index (χ4n) is 7.21. The predicted octanol–water partition coefficient (Wildman–Crippen LogP) is 5.32. The van der Waals surface area contributed by atoms with Gasteiger partial charge in [-0.2, -0.15) is 14.0 Å². The van der Waals surface area contributed by atoms with Crippen LogP contribution in [-0.4, -0.2) is 68.5 Å². The molecule has 5 atom stereocenters. The van der Waals surface area contributed by atoms with E-state index in [1.54, 1.807) is 9.80 Å². The normalized spacial score (nSPS) is 25.5. The Morgan fingerprint density at radius 2 is 1.72 bits per heavy atom. The summed E-state index contributed by atoms with van der Waals surface area (Å²) in [6.45, 7) is 0.671. The van der Waals surface area contributed by atoms with E-state index in [0.29, 0.717) is 30.5 Å². The van der Waals surface area contributed by atoms with Gasteiger partial charge in [-0.05, 0) is 61.3 Å². The van der Waals surface area contributed by atoms with Crippen molar-refractivity contribution in [3.63, 3.8) is 0 Å². The van der Waals surface area contributed by atoms with Gasteiger partial charge in [-0.25, -0.2) is 0 Å². The maximum absolute atomic E-state index is 14.3. The molecule has 2 aromatic carbocycles. The number of halogens is 2. The van der Waals surface area contributed by atoms with Crippen LogP contribution in [0.4, 0.5) is 8.78 Å². The summed E-state index contributed by atoms with van der Waals surface area (Å²) < 4.78 is 40.4. The topological polar surface area (TPSA) is 151 Å². The van der Waals surface area contributed by atoms with Crippen molar-refractivity contribution in [2.45, 2.75) is 74.7 Å². The Labute approximate surface area is 274 Å². The molecule has 3 aliphatic rings. The summed E-state index contributed by atoms with van der Waals surface area (Å²) in [6.07, 6.45) is 4.66. The Balaban J connectivity index is 1.21. The molecule has 3 N–H and O–H groups in total. The SMILES string of the molecule is N#C[C@@H]1CN(C(=O)[C@@H]2CCC[C@@H]3CCCC[C@H](NC(=O)c4cc5cc(C(F)(F)P(=O)(O)O)ccc5s4)C(=O)N32)C[C@H]1c1ccccc1. The number of alkyl halides is 2. The molecule has 47 heavy (non-hydrogen) atoms. The fraction of sp³-hybridized carbons (Fsp3) is 0.455. The van der Waals surface area contributed by atoms with Crippen LogP contribution >= 0.6 is 18.9 Å². The van der Waals surface area contributed by atoms with Crippen molar-refractivity contribution in [3.8, 4) is 6.07 Å². The fourth-order valence-corrected chi connectivity index (χ4v) is 8.63. The third-order valence-corrected chi connectivity index (χ3v) is 11.8. The lowest BCUT2D eigenvalue weighted by molar-refractivity contribution is -0.152. The second kappa shape index (κ2) is 13.1. The lowest BCUT2D eigenvalue weighted by atomic mass is 9.88. The minimum atomic E-state index is -5.77. The number of likely N-dealkylation sites (tertiary alicyclic amines) is 1. The molecule has 1 aromatic heterocycles. The molecule has 3 aromatic rings. The first-order valence-electron chi connectivity index (χ1n) is 15.7. The van der Waals surface area contributed by atoms with Gasteiger partial charge in [0.1, 0.15) is 12.1 Å². The maximum Gasteiger partial charge on any atom is 0.399 e. The lowest BCUT2D eigenvalue weighted by Crippen LogP contribution is -2.61. The van der Waals surface area contributed by atoms with Gasteiger partial charge < -0.3 is 24.9 Å². The average molecular weight is 685 g/mol. The quantitative estimate of drug-likeness (QED) is 0.298. The van der Waals surface area contributed by atoms with E-state index in [2.05, 4.69) is 11.4 Å². The second-order valence-electron chi connectivity index (χ2n) is 12.6. The molecule has 3 aliphatic heterocycles. The Hall–Kier alpha value is -3.69. The molecule has 3 saturated heterocycles. The molecule has 0 unspecified atom stereocenters. The highest BCUT2D eigenvalue weighted by Crippen LogP contribution is 2.59. The van der Waals surface area contributed by atoms with E-state index in [1.807, 2.05) is 30.3 Å². The summed E-state index contributed by atoms with van der Waals surface area (Å²) in [5, 5.41) is 12.9. The van der Waals surface area contributed by atoms with Crippen molar-refractivity contribution < 1.29 is 37.5 Å². The van der Waals surface area contributed by atoms with Crippen molar-refractivity contribution in [3.05, 3.63) is 70.6 Å². The number of fused-ring (bicyclic) bond motifs is 2. The van der Waals surface area contributed by atoms with E-state index in [1.165, 1.54) is 12.1 Å². The molecule has 0 radical (unpaired) electrons. The first-order valence-corrected chi connectivity index (χ1v) is 18.2. The number of nitriles is 1. The van der Waals surface area contributed by atoms with Gasteiger partial charge in [0.2, 0.25) is 11.8 Å². The van der Waals surface area contributed by atoms with Gasteiger partial charge >= 0.3 is 13.3 Å². The highest BCUT2D eigenvalue weighted by molar-refractivity contribution is 7.52. The number of nitrogens with one attached hydrogen (secondary N) is 1. The van der Waals surface area contributed by atoms with Crippen LogP contribution in [0.5, 0.6) is 0 Å². The minimum absolute atomic E-state index is 0.125. The number of carbonyl (C=O) groups is 3. The zero-order valence-electron chi connectivity index (χ0n) is 25.4. The van der Waals surface area contributed by atoms with Gasteiger partial charge in [-0.15, -0.1) is 11.3 Å². The number of nitrogens with zero attached hydrogens (tertiary/aromatic N) is 3. The molecule has 10 nitrogen and oxygen atoms in total. The van der Waals surface area contributed by atoms with Crippen LogP contribution in [0.15, 0.2) is 54.6 Å². The highest BCUT2D eigenvalue weighted by atomic mass is 32.1. The number of amides is 3.